The fourth-order valence-electron chi connectivity index (χ4n) is 2.91. The van der Waals surface area contributed by atoms with Crippen LogP contribution in [0.1, 0.15) is 23.6 Å². The molecule has 5 heteroatoms. The first-order valence-electron chi connectivity index (χ1n) is 8.06. The molecule has 3 rings (SSSR count). The molecule has 25 heavy (non-hydrogen) atoms. The van der Waals surface area contributed by atoms with Crippen LogP contribution in [0.5, 0.6) is 5.75 Å². The van der Waals surface area contributed by atoms with Crippen molar-refractivity contribution in [1.82, 2.24) is 0 Å². The van der Waals surface area contributed by atoms with E-state index in [4.69, 9.17) is 17.0 Å². The highest BCUT2D eigenvalue weighted by Crippen LogP contribution is 2.39. The van der Waals surface area contributed by atoms with Crippen molar-refractivity contribution >= 4 is 46.0 Å². The molecule has 1 heterocycles. The topological polar surface area (TPSA) is 29.5 Å². The van der Waals surface area contributed by atoms with Crippen LogP contribution >= 0.6 is 24.0 Å². The number of methoxy groups -OCH3 is 1. The number of aryl methyl sites for hydroxylation is 2. The van der Waals surface area contributed by atoms with Crippen LogP contribution in [0, 0.1) is 6.92 Å². The highest BCUT2D eigenvalue weighted by Gasteiger charge is 2.35. The van der Waals surface area contributed by atoms with Gasteiger partial charge in [0.1, 0.15) is 5.75 Å². The molecule has 1 fully saturated rings. The number of benzene rings is 2. The monoisotopic (exact) mass is 369 g/mol. The summed E-state index contributed by atoms with van der Waals surface area (Å²) in [6.45, 7) is 4.09. The fraction of sp³-hybridized carbons (Fsp3) is 0.200. The smallest absolute Gasteiger partial charge is 0.270 e. The Labute approximate surface area is 157 Å². The highest BCUT2D eigenvalue weighted by molar-refractivity contribution is 8.27. The average molecular weight is 370 g/mol. The van der Waals surface area contributed by atoms with Crippen molar-refractivity contribution in [2.75, 3.05) is 12.0 Å². The maximum Gasteiger partial charge on any atom is 0.270 e. The summed E-state index contributed by atoms with van der Waals surface area (Å²) >= 11 is 6.85. The summed E-state index contributed by atoms with van der Waals surface area (Å²) in [6.07, 6.45) is 2.70. The SMILES string of the molecule is CCc1cccc(C)c1N1C(=O)C(=Cc2ccccc2OC)SC1=S. The van der Waals surface area contributed by atoms with Crippen molar-refractivity contribution in [3.05, 3.63) is 64.1 Å². The molecule has 0 N–H and O–H groups in total. The van der Waals surface area contributed by atoms with E-state index in [2.05, 4.69) is 6.92 Å². The Morgan fingerprint density at radius 2 is 1.96 bits per heavy atom. The van der Waals surface area contributed by atoms with Gasteiger partial charge in [-0.1, -0.05) is 67.3 Å². The molecule has 1 saturated heterocycles. The second-order valence-electron chi connectivity index (χ2n) is 5.70. The van der Waals surface area contributed by atoms with Crippen LogP contribution in [0.25, 0.3) is 6.08 Å². The minimum absolute atomic E-state index is 0.0788. The quantitative estimate of drug-likeness (QED) is 0.562. The minimum atomic E-state index is -0.0788. The summed E-state index contributed by atoms with van der Waals surface area (Å²) in [5.74, 6) is 0.655. The van der Waals surface area contributed by atoms with Crippen molar-refractivity contribution in [2.24, 2.45) is 0 Å². The van der Waals surface area contributed by atoms with E-state index in [1.54, 1.807) is 12.0 Å². The molecule has 0 spiro atoms. The standard InChI is InChI=1S/C20H19NO2S2/c1-4-14-10-7-8-13(2)18(14)21-19(22)17(25-20(21)24)12-15-9-5-6-11-16(15)23-3/h5-12H,4H2,1-3H3. The predicted octanol–water partition coefficient (Wildman–Crippen LogP) is 4.97. The number of ether oxygens (including phenoxy) is 1. The lowest BCUT2D eigenvalue weighted by atomic mass is 10.0. The van der Waals surface area contributed by atoms with Gasteiger partial charge in [-0.25, -0.2) is 0 Å². The maximum atomic E-state index is 13.0. The third kappa shape index (κ3) is 3.34. The van der Waals surface area contributed by atoms with Crippen molar-refractivity contribution in [3.8, 4) is 5.75 Å². The van der Waals surface area contributed by atoms with Crippen molar-refractivity contribution in [2.45, 2.75) is 20.3 Å². The Bertz CT molecular complexity index is 874. The van der Waals surface area contributed by atoms with Crippen molar-refractivity contribution in [1.29, 1.82) is 0 Å². The minimum Gasteiger partial charge on any atom is -0.496 e. The van der Waals surface area contributed by atoms with Gasteiger partial charge in [-0.3, -0.25) is 9.69 Å². The summed E-state index contributed by atoms with van der Waals surface area (Å²) in [6, 6.07) is 13.7. The van der Waals surface area contributed by atoms with Gasteiger partial charge in [0.15, 0.2) is 4.32 Å². The second kappa shape index (κ2) is 7.42. The van der Waals surface area contributed by atoms with Crippen LogP contribution in [0.2, 0.25) is 0 Å². The van der Waals surface area contributed by atoms with Gasteiger partial charge >= 0.3 is 0 Å². The number of hydrogen-bond donors (Lipinski definition) is 0. The number of carbonyl (C=O) groups is 1. The first-order chi connectivity index (χ1) is 12.1. The Hall–Kier alpha value is -2.11. The van der Waals surface area contributed by atoms with Gasteiger partial charge in [-0.2, -0.15) is 0 Å². The molecule has 1 aliphatic rings. The zero-order valence-corrected chi connectivity index (χ0v) is 16.0. The molecule has 0 atom stereocenters. The molecule has 0 radical (unpaired) electrons. The Morgan fingerprint density at radius 3 is 2.68 bits per heavy atom. The molecular formula is C20H19NO2S2. The number of nitrogens with zero attached hydrogens (tertiary/aromatic N) is 1. The highest BCUT2D eigenvalue weighted by atomic mass is 32.2. The van der Waals surface area contributed by atoms with Gasteiger partial charge < -0.3 is 4.74 Å². The molecule has 3 nitrogen and oxygen atoms in total. The zero-order chi connectivity index (χ0) is 18.0. The normalized spacial score (nSPS) is 16.0. The number of thioether (sulfide) groups is 1. The summed E-state index contributed by atoms with van der Waals surface area (Å²) in [7, 11) is 1.62. The summed E-state index contributed by atoms with van der Waals surface area (Å²) < 4.78 is 5.94. The molecule has 0 unspecified atom stereocenters. The molecule has 1 amide bonds. The van der Waals surface area contributed by atoms with Crippen LogP contribution in [-0.4, -0.2) is 17.3 Å². The number of amides is 1. The lowest BCUT2D eigenvalue weighted by molar-refractivity contribution is -0.113. The predicted molar refractivity (Wildman–Crippen MR) is 109 cm³/mol. The first-order valence-corrected chi connectivity index (χ1v) is 9.28. The van der Waals surface area contributed by atoms with E-state index in [1.807, 2.05) is 55.5 Å². The van der Waals surface area contributed by atoms with Crippen LogP contribution in [0.4, 0.5) is 5.69 Å². The largest absolute Gasteiger partial charge is 0.496 e. The molecule has 0 saturated carbocycles. The second-order valence-corrected chi connectivity index (χ2v) is 7.37. The third-order valence-corrected chi connectivity index (χ3v) is 5.45. The number of para-hydroxylation sites is 2. The summed E-state index contributed by atoms with van der Waals surface area (Å²) in [5.41, 5.74) is 3.95. The van der Waals surface area contributed by atoms with Crippen LogP contribution in [0.3, 0.4) is 0 Å². The van der Waals surface area contributed by atoms with E-state index in [0.717, 1.165) is 34.5 Å². The van der Waals surface area contributed by atoms with E-state index in [1.165, 1.54) is 11.8 Å². The zero-order valence-electron chi connectivity index (χ0n) is 14.4. The van der Waals surface area contributed by atoms with E-state index in [-0.39, 0.29) is 5.91 Å². The summed E-state index contributed by atoms with van der Waals surface area (Å²) in [4.78, 5) is 15.3. The number of thiocarbonyl (C=S) groups is 1. The Kier molecular flexibility index (Phi) is 5.25. The van der Waals surface area contributed by atoms with Crippen LogP contribution in [0.15, 0.2) is 47.4 Å². The number of rotatable bonds is 4. The van der Waals surface area contributed by atoms with Crippen LogP contribution in [-0.2, 0) is 11.2 Å². The average Bonchev–Trinajstić information content (AvgIpc) is 2.89. The molecular weight excluding hydrogens is 350 g/mol. The summed E-state index contributed by atoms with van der Waals surface area (Å²) in [5, 5.41) is 0. The number of anilines is 1. The molecule has 128 valence electrons. The van der Waals surface area contributed by atoms with Crippen molar-refractivity contribution < 1.29 is 9.53 Å². The number of hydrogen-bond acceptors (Lipinski definition) is 4. The Balaban J connectivity index is 2.03. The van der Waals surface area contributed by atoms with Gasteiger partial charge in [0.25, 0.3) is 5.91 Å². The third-order valence-electron chi connectivity index (χ3n) is 4.15. The van der Waals surface area contributed by atoms with E-state index in [0.29, 0.717) is 9.23 Å². The molecule has 0 aromatic heterocycles. The van der Waals surface area contributed by atoms with Gasteiger partial charge in [0, 0.05) is 5.56 Å². The van der Waals surface area contributed by atoms with E-state index in [9.17, 15) is 4.79 Å². The van der Waals surface area contributed by atoms with E-state index >= 15 is 0 Å². The van der Waals surface area contributed by atoms with Gasteiger partial charge in [0.05, 0.1) is 17.7 Å². The van der Waals surface area contributed by atoms with E-state index < -0.39 is 0 Å². The molecule has 2 aromatic rings. The van der Waals surface area contributed by atoms with Crippen LogP contribution < -0.4 is 9.64 Å². The molecule has 0 bridgehead atoms. The molecule has 0 aliphatic carbocycles. The fourth-order valence-corrected chi connectivity index (χ4v) is 4.17. The van der Waals surface area contributed by atoms with Gasteiger partial charge in [0.2, 0.25) is 0 Å². The lowest BCUT2D eigenvalue weighted by Crippen LogP contribution is -2.29. The van der Waals surface area contributed by atoms with Crippen molar-refractivity contribution in [3.63, 3.8) is 0 Å². The molecule has 2 aromatic carbocycles. The maximum absolute atomic E-state index is 13.0. The Morgan fingerprint density at radius 1 is 1.20 bits per heavy atom. The first kappa shape index (κ1) is 17.7. The number of carbonyl (C=O) groups excluding carboxylic acids is 1. The lowest BCUT2D eigenvalue weighted by Gasteiger charge is -2.20. The van der Waals surface area contributed by atoms with Gasteiger partial charge in [-0.05, 0) is 36.6 Å². The molecule has 1 aliphatic heterocycles. The van der Waals surface area contributed by atoms with Gasteiger partial charge in [-0.15, -0.1) is 0 Å².